The number of rotatable bonds is 5. The van der Waals surface area contributed by atoms with E-state index in [-0.39, 0.29) is 11.8 Å². The van der Waals surface area contributed by atoms with Crippen LogP contribution in [0, 0.1) is 13.8 Å². The number of carbonyl (C=O) groups is 2. The number of anilines is 2. The van der Waals surface area contributed by atoms with E-state index < -0.39 is 0 Å². The van der Waals surface area contributed by atoms with Crippen LogP contribution in [0.5, 0.6) is 0 Å². The molecule has 0 unspecified atom stereocenters. The Hall–Kier alpha value is -3.40. The monoisotopic (exact) mass is 386 g/mol. The number of aryl methyl sites for hydroxylation is 2. The van der Waals surface area contributed by atoms with E-state index >= 15 is 0 Å². The summed E-state index contributed by atoms with van der Waals surface area (Å²) in [5.41, 5.74) is 5.62. The average molecular weight is 386 g/mol. The second-order valence-electron chi connectivity index (χ2n) is 7.53. The summed E-state index contributed by atoms with van der Waals surface area (Å²) in [6, 6.07) is 20.3. The average Bonchev–Trinajstić information content (AvgIpc) is 2.71. The molecule has 3 aromatic rings. The van der Waals surface area contributed by atoms with E-state index in [4.69, 9.17) is 0 Å². The molecule has 0 saturated heterocycles. The molecule has 0 radical (unpaired) electrons. The van der Waals surface area contributed by atoms with Crippen molar-refractivity contribution in [3.8, 4) is 0 Å². The van der Waals surface area contributed by atoms with Crippen LogP contribution in [0.15, 0.2) is 66.7 Å². The zero-order valence-electron chi connectivity index (χ0n) is 17.2. The molecule has 0 bridgehead atoms. The van der Waals surface area contributed by atoms with Crippen LogP contribution in [-0.2, 0) is 0 Å². The standard InChI is InChI=1S/C25H26N2O2/c1-16(2)19-10-12-20(13-11-19)24(28)27-23-8-6-5-7-22(23)25(29)26-21-14-9-17(3)18(4)15-21/h5-16H,1-4H3,(H,26,29)(H,27,28). The molecular weight excluding hydrogens is 360 g/mol. The highest BCUT2D eigenvalue weighted by Gasteiger charge is 2.15. The molecule has 0 aliphatic heterocycles. The smallest absolute Gasteiger partial charge is 0.257 e. The van der Waals surface area contributed by atoms with Crippen LogP contribution < -0.4 is 10.6 Å². The van der Waals surface area contributed by atoms with Crippen LogP contribution in [0.1, 0.15) is 57.2 Å². The molecule has 4 heteroatoms. The lowest BCUT2D eigenvalue weighted by Gasteiger charge is -2.13. The summed E-state index contributed by atoms with van der Waals surface area (Å²) in [6.45, 7) is 8.25. The van der Waals surface area contributed by atoms with E-state index in [9.17, 15) is 9.59 Å². The summed E-state index contributed by atoms with van der Waals surface area (Å²) in [5.74, 6) is -0.104. The highest BCUT2D eigenvalue weighted by Crippen LogP contribution is 2.21. The fourth-order valence-electron chi connectivity index (χ4n) is 3.02. The third kappa shape index (κ3) is 4.91. The molecule has 0 aromatic heterocycles. The van der Waals surface area contributed by atoms with Gasteiger partial charge in [-0.1, -0.05) is 44.2 Å². The third-order valence-corrected chi connectivity index (χ3v) is 5.02. The Labute approximate surface area is 172 Å². The molecule has 0 spiro atoms. The Morgan fingerprint density at radius 3 is 2.10 bits per heavy atom. The van der Waals surface area contributed by atoms with Gasteiger partial charge in [0.1, 0.15) is 0 Å². The lowest BCUT2D eigenvalue weighted by atomic mass is 10.0. The van der Waals surface area contributed by atoms with Gasteiger partial charge in [-0.05, 0) is 72.9 Å². The summed E-state index contributed by atoms with van der Waals surface area (Å²) >= 11 is 0. The molecule has 2 N–H and O–H groups in total. The van der Waals surface area contributed by atoms with Crippen LogP contribution in [-0.4, -0.2) is 11.8 Å². The molecule has 0 saturated carbocycles. The molecule has 0 aliphatic carbocycles. The largest absolute Gasteiger partial charge is 0.322 e. The van der Waals surface area contributed by atoms with Crippen molar-refractivity contribution in [2.75, 3.05) is 10.6 Å². The number of para-hydroxylation sites is 1. The van der Waals surface area contributed by atoms with Gasteiger partial charge in [-0.3, -0.25) is 9.59 Å². The van der Waals surface area contributed by atoms with Crippen molar-refractivity contribution in [3.63, 3.8) is 0 Å². The molecule has 0 aliphatic rings. The Balaban J connectivity index is 1.78. The van der Waals surface area contributed by atoms with Gasteiger partial charge in [0.05, 0.1) is 11.3 Å². The van der Waals surface area contributed by atoms with Gasteiger partial charge < -0.3 is 10.6 Å². The van der Waals surface area contributed by atoms with E-state index in [2.05, 4.69) is 24.5 Å². The molecule has 0 atom stereocenters. The van der Waals surface area contributed by atoms with Crippen molar-refractivity contribution >= 4 is 23.2 Å². The fourth-order valence-corrected chi connectivity index (χ4v) is 3.02. The minimum atomic E-state index is -0.265. The maximum atomic E-state index is 12.8. The maximum absolute atomic E-state index is 12.8. The first-order chi connectivity index (χ1) is 13.8. The zero-order chi connectivity index (χ0) is 21.0. The molecule has 3 rings (SSSR count). The normalized spacial score (nSPS) is 10.7. The van der Waals surface area contributed by atoms with Crippen molar-refractivity contribution in [1.82, 2.24) is 0 Å². The van der Waals surface area contributed by atoms with Gasteiger partial charge in [-0.25, -0.2) is 0 Å². The number of hydrogen-bond acceptors (Lipinski definition) is 2. The lowest BCUT2D eigenvalue weighted by Crippen LogP contribution is -2.18. The van der Waals surface area contributed by atoms with E-state index in [0.717, 1.165) is 11.3 Å². The number of benzene rings is 3. The zero-order valence-corrected chi connectivity index (χ0v) is 17.2. The van der Waals surface area contributed by atoms with Gasteiger partial charge in [-0.15, -0.1) is 0 Å². The quantitative estimate of drug-likeness (QED) is 0.571. The first-order valence-electron chi connectivity index (χ1n) is 9.74. The van der Waals surface area contributed by atoms with Gasteiger partial charge in [0, 0.05) is 11.3 Å². The van der Waals surface area contributed by atoms with Gasteiger partial charge >= 0.3 is 0 Å². The lowest BCUT2D eigenvalue weighted by molar-refractivity contribution is 0.102. The predicted octanol–water partition coefficient (Wildman–Crippen LogP) is 5.93. The van der Waals surface area contributed by atoms with Crippen molar-refractivity contribution < 1.29 is 9.59 Å². The molecule has 0 fully saturated rings. The summed E-state index contributed by atoms with van der Waals surface area (Å²) in [6.07, 6.45) is 0. The molecule has 3 aromatic carbocycles. The first kappa shape index (κ1) is 20.3. The Kier molecular flexibility index (Phi) is 6.13. The van der Waals surface area contributed by atoms with Crippen LogP contribution in [0.2, 0.25) is 0 Å². The van der Waals surface area contributed by atoms with Gasteiger partial charge in [0.2, 0.25) is 0 Å². The van der Waals surface area contributed by atoms with Crippen molar-refractivity contribution in [2.45, 2.75) is 33.6 Å². The summed E-state index contributed by atoms with van der Waals surface area (Å²) in [4.78, 5) is 25.5. The van der Waals surface area contributed by atoms with Gasteiger partial charge in [-0.2, -0.15) is 0 Å². The second kappa shape index (κ2) is 8.74. The van der Waals surface area contributed by atoms with Gasteiger partial charge in [0.25, 0.3) is 11.8 Å². The molecule has 148 valence electrons. The molecule has 0 heterocycles. The highest BCUT2D eigenvalue weighted by molar-refractivity contribution is 6.12. The number of amides is 2. The fraction of sp³-hybridized carbons (Fsp3) is 0.200. The van der Waals surface area contributed by atoms with Crippen molar-refractivity contribution in [1.29, 1.82) is 0 Å². The summed E-state index contributed by atoms with van der Waals surface area (Å²) in [7, 11) is 0. The van der Waals surface area contributed by atoms with Crippen LogP contribution >= 0.6 is 0 Å². The topological polar surface area (TPSA) is 58.2 Å². The van der Waals surface area contributed by atoms with Crippen LogP contribution in [0.3, 0.4) is 0 Å². The maximum Gasteiger partial charge on any atom is 0.257 e. The van der Waals surface area contributed by atoms with Gasteiger partial charge in [0.15, 0.2) is 0 Å². The third-order valence-electron chi connectivity index (χ3n) is 5.02. The first-order valence-corrected chi connectivity index (χ1v) is 9.74. The molecule has 4 nitrogen and oxygen atoms in total. The predicted molar refractivity (Wildman–Crippen MR) is 119 cm³/mol. The SMILES string of the molecule is Cc1ccc(NC(=O)c2ccccc2NC(=O)c2ccc(C(C)C)cc2)cc1C. The Morgan fingerprint density at radius 1 is 0.759 bits per heavy atom. The van der Waals surface area contributed by atoms with Crippen molar-refractivity contribution in [2.24, 2.45) is 0 Å². The van der Waals surface area contributed by atoms with E-state index in [1.807, 2.05) is 56.3 Å². The molecular formula is C25H26N2O2. The van der Waals surface area contributed by atoms with Crippen LogP contribution in [0.25, 0.3) is 0 Å². The number of hydrogen-bond donors (Lipinski definition) is 2. The van der Waals surface area contributed by atoms with Crippen molar-refractivity contribution in [3.05, 3.63) is 94.5 Å². The highest BCUT2D eigenvalue weighted by atomic mass is 16.2. The minimum absolute atomic E-state index is 0.244. The van der Waals surface area contributed by atoms with E-state index in [1.165, 1.54) is 11.1 Å². The van der Waals surface area contributed by atoms with E-state index in [0.29, 0.717) is 22.7 Å². The second-order valence-corrected chi connectivity index (χ2v) is 7.53. The molecule has 29 heavy (non-hydrogen) atoms. The van der Waals surface area contributed by atoms with Crippen LogP contribution in [0.4, 0.5) is 11.4 Å². The molecule has 2 amide bonds. The Bertz CT molecular complexity index is 1040. The number of carbonyl (C=O) groups excluding carboxylic acids is 2. The minimum Gasteiger partial charge on any atom is -0.322 e. The summed E-state index contributed by atoms with van der Waals surface area (Å²) < 4.78 is 0. The summed E-state index contributed by atoms with van der Waals surface area (Å²) in [5, 5.41) is 5.77. The van der Waals surface area contributed by atoms with E-state index in [1.54, 1.807) is 24.3 Å². The Morgan fingerprint density at radius 2 is 1.45 bits per heavy atom. The number of nitrogens with one attached hydrogen (secondary N) is 2.